The number of benzene rings is 2. The van der Waals surface area contributed by atoms with Crippen LogP contribution in [-0.2, 0) is 11.3 Å². The second-order valence-corrected chi connectivity index (χ2v) is 5.99. The lowest BCUT2D eigenvalue weighted by molar-refractivity contribution is 0.0474. The molecule has 0 bridgehead atoms. The number of esters is 1. The Balaban J connectivity index is 1.93. The molecule has 4 nitrogen and oxygen atoms in total. The van der Waals surface area contributed by atoms with Crippen LogP contribution in [0.3, 0.4) is 0 Å². The maximum absolute atomic E-state index is 12.2. The summed E-state index contributed by atoms with van der Waals surface area (Å²) < 4.78 is 10.6. The van der Waals surface area contributed by atoms with E-state index in [1.54, 1.807) is 24.3 Å². The Bertz CT molecular complexity index is 988. The van der Waals surface area contributed by atoms with Crippen LogP contribution in [-0.4, -0.2) is 5.97 Å². The molecule has 0 spiro atoms. The van der Waals surface area contributed by atoms with Gasteiger partial charge < -0.3 is 9.15 Å². The molecular weight excluding hydrogens is 328 g/mol. The molecule has 0 fully saturated rings. The highest BCUT2D eigenvalue weighted by atomic mass is 35.5. The summed E-state index contributed by atoms with van der Waals surface area (Å²) in [5, 5.41) is 1.08. The van der Waals surface area contributed by atoms with Gasteiger partial charge in [0.2, 0.25) is 0 Å². The number of carbonyl (C=O) groups excluding carboxylic acids is 1. The van der Waals surface area contributed by atoms with Crippen LogP contribution in [0.15, 0.2) is 51.7 Å². The molecule has 122 valence electrons. The van der Waals surface area contributed by atoms with Crippen LogP contribution < -0.4 is 5.63 Å². The maximum Gasteiger partial charge on any atom is 0.339 e. The Kier molecular flexibility index (Phi) is 4.40. The van der Waals surface area contributed by atoms with Crippen LogP contribution in [0.2, 0.25) is 5.02 Å². The number of rotatable bonds is 3. The summed E-state index contributed by atoms with van der Waals surface area (Å²) in [6.07, 6.45) is 0. The van der Waals surface area contributed by atoms with E-state index in [0.717, 1.165) is 16.5 Å². The predicted molar refractivity (Wildman–Crippen MR) is 92.5 cm³/mol. The fourth-order valence-electron chi connectivity index (χ4n) is 2.45. The minimum atomic E-state index is -0.536. The van der Waals surface area contributed by atoms with Gasteiger partial charge in [0.25, 0.3) is 0 Å². The van der Waals surface area contributed by atoms with Crippen molar-refractivity contribution in [1.29, 1.82) is 0 Å². The van der Waals surface area contributed by atoms with Gasteiger partial charge in [-0.3, -0.25) is 0 Å². The highest BCUT2D eigenvalue weighted by Gasteiger charge is 2.13. The first-order chi connectivity index (χ1) is 11.5. The van der Waals surface area contributed by atoms with Crippen molar-refractivity contribution in [3.8, 4) is 0 Å². The lowest BCUT2D eigenvalue weighted by atomic mass is 10.0. The number of hydrogen-bond donors (Lipinski definition) is 0. The van der Waals surface area contributed by atoms with Crippen molar-refractivity contribution in [3.05, 3.63) is 80.2 Å². The Morgan fingerprint density at radius 2 is 1.83 bits per heavy atom. The molecule has 1 aromatic heterocycles. The van der Waals surface area contributed by atoms with E-state index in [-0.39, 0.29) is 6.61 Å². The van der Waals surface area contributed by atoms with E-state index in [0.29, 0.717) is 21.7 Å². The van der Waals surface area contributed by atoms with Gasteiger partial charge in [-0.05, 0) is 49.2 Å². The smallest absolute Gasteiger partial charge is 0.339 e. The molecule has 2 aromatic carbocycles. The highest BCUT2D eigenvalue weighted by Crippen LogP contribution is 2.23. The summed E-state index contributed by atoms with van der Waals surface area (Å²) in [7, 11) is 0. The molecule has 0 aliphatic rings. The Morgan fingerprint density at radius 3 is 2.58 bits per heavy atom. The molecule has 0 saturated carbocycles. The average molecular weight is 343 g/mol. The first-order valence-corrected chi connectivity index (χ1v) is 7.79. The monoisotopic (exact) mass is 342 g/mol. The molecule has 3 aromatic rings. The van der Waals surface area contributed by atoms with Gasteiger partial charge in [-0.1, -0.05) is 23.7 Å². The molecule has 5 heteroatoms. The minimum Gasteiger partial charge on any atom is -0.457 e. The Hall–Kier alpha value is -2.59. The van der Waals surface area contributed by atoms with Gasteiger partial charge in [-0.25, -0.2) is 9.59 Å². The van der Waals surface area contributed by atoms with E-state index in [1.807, 2.05) is 26.0 Å². The van der Waals surface area contributed by atoms with Gasteiger partial charge in [0.05, 0.1) is 10.6 Å². The molecule has 0 unspecified atom stereocenters. The van der Waals surface area contributed by atoms with Gasteiger partial charge in [-0.2, -0.15) is 0 Å². The van der Waals surface area contributed by atoms with Gasteiger partial charge in [0, 0.05) is 17.0 Å². The molecule has 0 radical (unpaired) electrons. The summed E-state index contributed by atoms with van der Waals surface area (Å²) in [6.45, 7) is 3.88. The maximum atomic E-state index is 12.2. The third kappa shape index (κ3) is 3.19. The summed E-state index contributed by atoms with van der Waals surface area (Å²) >= 11 is 5.99. The minimum absolute atomic E-state index is 0.0331. The first kappa shape index (κ1) is 16.3. The number of ether oxygens (including phenoxy) is 1. The van der Waals surface area contributed by atoms with Crippen LogP contribution in [0.1, 0.15) is 27.0 Å². The van der Waals surface area contributed by atoms with Gasteiger partial charge in [-0.15, -0.1) is 0 Å². The second-order valence-electron chi connectivity index (χ2n) is 5.58. The van der Waals surface area contributed by atoms with Crippen molar-refractivity contribution in [1.82, 2.24) is 0 Å². The number of halogens is 1. The summed E-state index contributed by atoms with van der Waals surface area (Å²) in [4.78, 5) is 23.9. The number of carbonyl (C=O) groups is 1. The largest absolute Gasteiger partial charge is 0.457 e. The molecule has 24 heavy (non-hydrogen) atoms. The zero-order chi connectivity index (χ0) is 17.3. The van der Waals surface area contributed by atoms with E-state index < -0.39 is 11.6 Å². The van der Waals surface area contributed by atoms with Crippen LogP contribution in [0, 0.1) is 13.8 Å². The zero-order valence-corrected chi connectivity index (χ0v) is 14.0. The molecule has 0 amide bonds. The Labute approximate surface area is 143 Å². The van der Waals surface area contributed by atoms with Crippen LogP contribution in [0.4, 0.5) is 0 Å². The van der Waals surface area contributed by atoms with Crippen molar-refractivity contribution in [2.75, 3.05) is 0 Å². The Morgan fingerprint density at radius 1 is 1.12 bits per heavy atom. The van der Waals surface area contributed by atoms with Crippen molar-refractivity contribution in [2.24, 2.45) is 0 Å². The molecule has 0 N–H and O–H groups in total. The lowest BCUT2D eigenvalue weighted by Crippen LogP contribution is -2.08. The molecular formula is C19H15ClO4. The van der Waals surface area contributed by atoms with Crippen molar-refractivity contribution in [2.45, 2.75) is 20.5 Å². The van der Waals surface area contributed by atoms with Gasteiger partial charge in [0.1, 0.15) is 12.2 Å². The standard InChI is InChI=1S/C19H15ClO4/c1-11-7-15-13(9-18(21)24-17(15)8-12(11)2)10-23-19(22)14-5-3-4-6-16(14)20/h3-9H,10H2,1-2H3. The summed E-state index contributed by atoms with van der Waals surface area (Å²) in [5.41, 5.74) is 2.98. The molecule has 0 atom stereocenters. The number of fused-ring (bicyclic) bond motifs is 1. The van der Waals surface area contributed by atoms with Crippen LogP contribution in [0.5, 0.6) is 0 Å². The average Bonchev–Trinajstić information content (AvgIpc) is 2.54. The van der Waals surface area contributed by atoms with Gasteiger partial charge in [0.15, 0.2) is 0 Å². The van der Waals surface area contributed by atoms with Crippen LogP contribution >= 0.6 is 11.6 Å². The number of aryl methyl sites for hydroxylation is 2. The van der Waals surface area contributed by atoms with E-state index in [4.69, 9.17) is 20.8 Å². The zero-order valence-electron chi connectivity index (χ0n) is 13.3. The van der Waals surface area contributed by atoms with Crippen LogP contribution in [0.25, 0.3) is 11.0 Å². The third-order valence-electron chi connectivity index (χ3n) is 3.90. The summed E-state index contributed by atoms with van der Waals surface area (Å²) in [5.74, 6) is -0.536. The van der Waals surface area contributed by atoms with Gasteiger partial charge >= 0.3 is 11.6 Å². The number of hydrogen-bond acceptors (Lipinski definition) is 4. The molecule has 1 heterocycles. The van der Waals surface area contributed by atoms with E-state index in [2.05, 4.69) is 0 Å². The molecule has 0 aliphatic carbocycles. The molecule has 3 rings (SSSR count). The van der Waals surface area contributed by atoms with E-state index >= 15 is 0 Å². The lowest BCUT2D eigenvalue weighted by Gasteiger charge is -2.09. The first-order valence-electron chi connectivity index (χ1n) is 7.41. The second kappa shape index (κ2) is 6.49. The van der Waals surface area contributed by atoms with Crippen molar-refractivity contribution >= 4 is 28.5 Å². The topological polar surface area (TPSA) is 56.5 Å². The fraction of sp³-hybridized carbons (Fsp3) is 0.158. The summed E-state index contributed by atoms with van der Waals surface area (Å²) in [6, 6.07) is 11.7. The molecule has 0 aliphatic heterocycles. The quantitative estimate of drug-likeness (QED) is 0.522. The highest BCUT2D eigenvalue weighted by molar-refractivity contribution is 6.33. The van der Waals surface area contributed by atoms with Crippen molar-refractivity contribution in [3.63, 3.8) is 0 Å². The fourth-order valence-corrected chi connectivity index (χ4v) is 2.66. The van der Waals surface area contributed by atoms with E-state index in [9.17, 15) is 9.59 Å². The molecule has 0 saturated heterocycles. The van der Waals surface area contributed by atoms with E-state index in [1.165, 1.54) is 6.07 Å². The van der Waals surface area contributed by atoms with Crippen molar-refractivity contribution < 1.29 is 13.9 Å². The third-order valence-corrected chi connectivity index (χ3v) is 4.23. The SMILES string of the molecule is Cc1cc2oc(=O)cc(COC(=O)c3ccccc3Cl)c2cc1C. The normalized spacial score (nSPS) is 10.8. The predicted octanol–water partition coefficient (Wildman–Crippen LogP) is 4.42.